The second-order valence-corrected chi connectivity index (χ2v) is 4.47. The zero-order chi connectivity index (χ0) is 13.1. The normalized spacial score (nSPS) is 13.9. The number of carbonyl (C=O) groups excluding carboxylic acids is 1. The van der Waals surface area contributed by atoms with Crippen LogP contribution < -0.4 is 16.4 Å². The van der Waals surface area contributed by atoms with Crippen molar-refractivity contribution in [3.8, 4) is 6.07 Å². The number of anilines is 2. The van der Waals surface area contributed by atoms with Crippen molar-refractivity contribution in [3.05, 3.63) is 23.8 Å². The number of nitrogen functional groups attached to an aromatic ring is 1. The monoisotopic (exact) mass is 244 g/mol. The van der Waals surface area contributed by atoms with Crippen LogP contribution in [0.25, 0.3) is 0 Å². The van der Waals surface area contributed by atoms with Gasteiger partial charge in [0.1, 0.15) is 0 Å². The van der Waals surface area contributed by atoms with Crippen molar-refractivity contribution in [1.29, 1.82) is 5.26 Å². The summed E-state index contributed by atoms with van der Waals surface area (Å²) in [7, 11) is 0. The molecule has 0 aromatic heterocycles. The molecule has 1 aromatic rings. The molecule has 5 heteroatoms. The maximum Gasteiger partial charge on any atom is 0.248 e. The lowest BCUT2D eigenvalue weighted by Gasteiger charge is -2.25. The zero-order valence-electron chi connectivity index (χ0n) is 10.1. The molecule has 0 atom stereocenters. The van der Waals surface area contributed by atoms with Crippen molar-refractivity contribution in [2.45, 2.75) is 25.3 Å². The van der Waals surface area contributed by atoms with E-state index >= 15 is 0 Å². The molecule has 18 heavy (non-hydrogen) atoms. The summed E-state index contributed by atoms with van der Waals surface area (Å²) in [6.07, 6.45) is 2.65. The predicted octanol–water partition coefficient (Wildman–Crippen LogP) is 1.25. The molecule has 5 nitrogen and oxygen atoms in total. The molecular weight excluding hydrogens is 228 g/mol. The fourth-order valence-electron chi connectivity index (χ4n) is 2.00. The average molecular weight is 244 g/mol. The number of hydrogen-bond donors (Lipinski definition) is 2. The molecule has 1 saturated carbocycles. The quantitative estimate of drug-likeness (QED) is 0.762. The number of nitrogens with zero attached hydrogens (tertiary/aromatic N) is 2. The molecular formula is C13H16N4O. The Balaban J connectivity index is 2.30. The highest BCUT2D eigenvalue weighted by molar-refractivity contribution is 5.95. The van der Waals surface area contributed by atoms with Crippen molar-refractivity contribution >= 4 is 17.3 Å². The summed E-state index contributed by atoms with van der Waals surface area (Å²) in [5.74, 6) is -0.465. The molecule has 94 valence electrons. The van der Waals surface area contributed by atoms with Crippen molar-refractivity contribution in [2.24, 2.45) is 5.73 Å². The number of amides is 1. The van der Waals surface area contributed by atoms with Gasteiger partial charge in [0.2, 0.25) is 5.91 Å². The van der Waals surface area contributed by atoms with Crippen LogP contribution in [0.15, 0.2) is 18.2 Å². The van der Waals surface area contributed by atoms with Gasteiger partial charge in [-0.1, -0.05) is 0 Å². The Kier molecular flexibility index (Phi) is 3.38. The van der Waals surface area contributed by atoms with Crippen molar-refractivity contribution in [3.63, 3.8) is 0 Å². The fourth-order valence-corrected chi connectivity index (χ4v) is 2.00. The number of benzene rings is 1. The van der Waals surface area contributed by atoms with Gasteiger partial charge in [-0.2, -0.15) is 5.26 Å². The van der Waals surface area contributed by atoms with E-state index in [1.54, 1.807) is 18.2 Å². The van der Waals surface area contributed by atoms with Crippen LogP contribution in [0.1, 0.15) is 29.6 Å². The Hall–Kier alpha value is -2.22. The molecule has 0 saturated heterocycles. The third-order valence-electron chi connectivity index (χ3n) is 3.08. The van der Waals surface area contributed by atoms with Crippen LogP contribution in [0, 0.1) is 11.3 Å². The van der Waals surface area contributed by atoms with Gasteiger partial charge in [0, 0.05) is 18.2 Å². The molecule has 0 heterocycles. The molecule has 0 aliphatic heterocycles. The van der Waals surface area contributed by atoms with Gasteiger partial charge in [-0.05, 0) is 31.0 Å². The molecule has 0 unspecified atom stereocenters. The number of nitrogens with two attached hydrogens (primary N) is 2. The van der Waals surface area contributed by atoms with Gasteiger partial charge in [-0.3, -0.25) is 4.79 Å². The summed E-state index contributed by atoms with van der Waals surface area (Å²) >= 11 is 0. The molecule has 0 radical (unpaired) electrons. The number of nitriles is 1. The molecule has 1 amide bonds. The third-order valence-corrected chi connectivity index (χ3v) is 3.08. The largest absolute Gasteiger partial charge is 0.397 e. The molecule has 1 fully saturated rings. The van der Waals surface area contributed by atoms with E-state index in [0.717, 1.165) is 18.5 Å². The van der Waals surface area contributed by atoms with Crippen molar-refractivity contribution in [1.82, 2.24) is 0 Å². The summed E-state index contributed by atoms with van der Waals surface area (Å²) in [5, 5.41) is 8.69. The lowest BCUT2D eigenvalue weighted by atomic mass is 10.1. The minimum Gasteiger partial charge on any atom is -0.397 e. The second kappa shape index (κ2) is 4.96. The zero-order valence-corrected chi connectivity index (χ0v) is 10.1. The second-order valence-electron chi connectivity index (χ2n) is 4.47. The molecule has 2 rings (SSSR count). The van der Waals surface area contributed by atoms with Crippen LogP contribution in [0.2, 0.25) is 0 Å². The van der Waals surface area contributed by atoms with Gasteiger partial charge in [-0.15, -0.1) is 0 Å². The molecule has 1 aliphatic rings. The Morgan fingerprint density at radius 2 is 2.22 bits per heavy atom. The summed E-state index contributed by atoms with van der Waals surface area (Å²) in [6.45, 7) is 0.633. The molecule has 1 aromatic carbocycles. The number of carbonyl (C=O) groups is 1. The van der Waals surface area contributed by atoms with Crippen LogP contribution >= 0.6 is 0 Å². The number of primary amides is 1. The smallest absolute Gasteiger partial charge is 0.248 e. The van der Waals surface area contributed by atoms with E-state index in [9.17, 15) is 4.79 Å². The lowest BCUT2D eigenvalue weighted by Crippen LogP contribution is -2.28. The fraction of sp³-hybridized carbons (Fsp3) is 0.385. The Bertz CT molecular complexity index is 502. The molecule has 1 aliphatic carbocycles. The number of hydrogen-bond acceptors (Lipinski definition) is 4. The Morgan fingerprint density at radius 3 is 2.78 bits per heavy atom. The van der Waals surface area contributed by atoms with E-state index in [1.165, 1.54) is 0 Å². The van der Waals surface area contributed by atoms with Crippen LogP contribution in [-0.2, 0) is 0 Å². The topological polar surface area (TPSA) is 96.1 Å². The highest BCUT2D eigenvalue weighted by Gasteiger charge is 2.30. The highest BCUT2D eigenvalue weighted by atomic mass is 16.1. The van der Waals surface area contributed by atoms with E-state index in [1.807, 2.05) is 0 Å². The lowest BCUT2D eigenvalue weighted by molar-refractivity contribution is 0.100. The van der Waals surface area contributed by atoms with Crippen LogP contribution in [-0.4, -0.2) is 18.5 Å². The molecule has 4 N–H and O–H groups in total. The summed E-state index contributed by atoms with van der Waals surface area (Å²) in [4.78, 5) is 13.3. The molecule has 0 bridgehead atoms. The molecule has 0 spiro atoms. The minimum atomic E-state index is -0.465. The first-order valence-corrected chi connectivity index (χ1v) is 5.96. The van der Waals surface area contributed by atoms with E-state index in [2.05, 4.69) is 11.0 Å². The van der Waals surface area contributed by atoms with Gasteiger partial charge in [0.05, 0.1) is 23.9 Å². The number of rotatable bonds is 5. The van der Waals surface area contributed by atoms with Crippen LogP contribution in [0.5, 0.6) is 0 Å². The summed E-state index contributed by atoms with van der Waals surface area (Å²) in [5.41, 5.74) is 13.1. The van der Waals surface area contributed by atoms with E-state index < -0.39 is 5.91 Å². The first-order valence-electron chi connectivity index (χ1n) is 5.96. The standard InChI is InChI=1S/C13H16N4O/c14-6-1-7-17(10-3-4-10)12-8-9(13(16)18)2-5-11(12)15/h2,5,8,10H,1,3-4,7,15H2,(H2,16,18). The van der Waals surface area contributed by atoms with Crippen molar-refractivity contribution in [2.75, 3.05) is 17.2 Å². The van der Waals surface area contributed by atoms with E-state index in [0.29, 0.717) is 30.3 Å². The minimum absolute atomic E-state index is 0.434. The highest BCUT2D eigenvalue weighted by Crippen LogP contribution is 2.35. The third kappa shape index (κ3) is 2.54. The summed E-state index contributed by atoms with van der Waals surface area (Å²) in [6, 6.07) is 7.60. The van der Waals surface area contributed by atoms with Crippen LogP contribution in [0.3, 0.4) is 0 Å². The van der Waals surface area contributed by atoms with Crippen molar-refractivity contribution < 1.29 is 4.79 Å². The van der Waals surface area contributed by atoms with Gasteiger partial charge in [-0.25, -0.2) is 0 Å². The first-order chi connectivity index (χ1) is 8.63. The average Bonchev–Trinajstić information content (AvgIpc) is 3.15. The van der Waals surface area contributed by atoms with Gasteiger partial charge in [0.25, 0.3) is 0 Å². The van der Waals surface area contributed by atoms with Gasteiger partial charge >= 0.3 is 0 Å². The van der Waals surface area contributed by atoms with Crippen LogP contribution in [0.4, 0.5) is 11.4 Å². The Morgan fingerprint density at radius 1 is 1.50 bits per heavy atom. The maximum absolute atomic E-state index is 11.2. The van der Waals surface area contributed by atoms with Gasteiger partial charge in [0.15, 0.2) is 0 Å². The first kappa shape index (κ1) is 12.2. The maximum atomic E-state index is 11.2. The van der Waals surface area contributed by atoms with E-state index in [-0.39, 0.29) is 0 Å². The SMILES string of the molecule is N#CCCN(c1cc(C(N)=O)ccc1N)C1CC1. The van der Waals surface area contributed by atoms with Gasteiger partial charge < -0.3 is 16.4 Å². The Labute approximate surface area is 106 Å². The predicted molar refractivity (Wildman–Crippen MR) is 70.0 cm³/mol. The summed E-state index contributed by atoms with van der Waals surface area (Å²) < 4.78 is 0. The van der Waals surface area contributed by atoms with E-state index in [4.69, 9.17) is 16.7 Å².